The van der Waals surface area contributed by atoms with E-state index in [9.17, 15) is 4.79 Å². The number of benzene rings is 2. The molecule has 2 rings (SSSR count). The summed E-state index contributed by atoms with van der Waals surface area (Å²) in [7, 11) is 0. The van der Waals surface area contributed by atoms with Crippen LogP contribution in [0, 0.1) is 0 Å². The SMILES string of the molecule is CCCN(C(=O)CSc1ccccc1)c1cccc(N)c1. The number of amides is 1. The lowest BCUT2D eigenvalue weighted by molar-refractivity contribution is -0.116. The number of hydrogen-bond acceptors (Lipinski definition) is 3. The van der Waals surface area contributed by atoms with Gasteiger partial charge in [0, 0.05) is 22.8 Å². The van der Waals surface area contributed by atoms with Gasteiger partial charge in [0.2, 0.25) is 5.91 Å². The molecule has 0 bridgehead atoms. The van der Waals surface area contributed by atoms with E-state index in [0.29, 0.717) is 18.0 Å². The minimum Gasteiger partial charge on any atom is -0.399 e. The largest absolute Gasteiger partial charge is 0.399 e. The van der Waals surface area contributed by atoms with Crippen molar-refractivity contribution in [3.63, 3.8) is 0 Å². The second-order valence-corrected chi connectivity index (χ2v) is 5.79. The zero-order valence-electron chi connectivity index (χ0n) is 12.2. The third-order valence-electron chi connectivity index (χ3n) is 3.04. The Kier molecular flexibility index (Phi) is 5.69. The molecule has 3 nitrogen and oxygen atoms in total. The number of anilines is 2. The summed E-state index contributed by atoms with van der Waals surface area (Å²) in [5.41, 5.74) is 7.36. The maximum Gasteiger partial charge on any atom is 0.237 e. The van der Waals surface area contributed by atoms with Gasteiger partial charge in [-0.1, -0.05) is 31.2 Å². The van der Waals surface area contributed by atoms with Crippen molar-refractivity contribution in [3.8, 4) is 0 Å². The van der Waals surface area contributed by atoms with E-state index >= 15 is 0 Å². The van der Waals surface area contributed by atoms with Crippen LogP contribution in [0.1, 0.15) is 13.3 Å². The molecule has 0 radical (unpaired) electrons. The summed E-state index contributed by atoms with van der Waals surface area (Å²) in [6.07, 6.45) is 0.913. The molecule has 0 aromatic heterocycles. The summed E-state index contributed by atoms with van der Waals surface area (Å²) in [6, 6.07) is 17.5. The van der Waals surface area contributed by atoms with Crippen molar-refractivity contribution in [1.82, 2.24) is 0 Å². The first-order valence-electron chi connectivity index (χ1n) is 7.04. The second-order valence-electron chi connectivity index (χ2n) is 4.74. The van der Waals surface area contributed by atoms with E-state index in [4.69, 9.17) is 5.73 Å². The third-order valence-corrected chi connectivity index (χ3v) is 4.03. The molecule has 21 heavy (non-hydrogen) atoms. The number of nitrogen functional groups attached to an aromatic ring is 1. The van der Waals surface area contributed by atoms with E-state index in [0.717, 1.165) is 17.0 Å². The highest BCUT2D eigenvalue weighted by Crippen LogP contribution is 2.22. The van der Waals surface area contributed by atoms with Gasteiger partial charge >= 0.3 is 0 Å². The molecule has 2 aromatic rings. The Morgan fingerprint density at radius 3 is 2.57 bits per heavy atom. The lowest BCUT2D eigenvalue weighted by atomic mass is 10.2. The first kappa shape index (κ1) is 15.4. The minimum atomic E-state index is 0.108. The molecule has 0 aliphatic carbocycles. The molecule has 0 saturated heterocycles. The molecule has 110 valence electrons. The van der Waals surface area contributed by atoms with Gasteiger partial charge in [-0.15, -0.1) is 11.8 Å². The topological polar surface area (TPSA) is 46.3 Å². The normalized spacial score (nSPS) is 10.3. The molecule has 0 fully saturated rings. The highest BCUT2D eigenvalue weighted by molar-refractivity contribution is 8.00. The van der Waals surface area contributed by atoms with Gasteiger partial charge in [-0.25, -0.2) is 0 Å². The first-order chi connectivity index (χ1) is 10.2. The van der Waals surface area contributed by atoms with Gasteiger partial charge in [-0.2, -0.15) is 0 Å². The molecule has 2 aromatic carbocycles. The molecule has 4 heteroatoms. The van der Waals surface area contributed by atoms with Crippen molar-refractivity contribution in [2.45, 2.75) is 18.2 Å². The van der Waals surface area contributed by atoms with Gasteiger partial charge in [0.05, 0.1) is 5.75 Å². The van der Waals surface area contributed by atoms with Gasteiger partial charge in [-0.3, -0.25) is 4.79 Å². The smallest absolute Gasteiger partial charge is 0.237 e. The van der Waals surface area contributed by atoms with E-state index in [1.165, 1.54) is 0 Å². The number of carbonyl (C=O) groups is 1. The van der Waals surface area contributed by atoms with Gasteiger partial charge in [-0.05, 0) is 36.8 Å². The quantitative estimate of drug-likeness (QED) is 0.652. The van der Waals surface area contributed by atoms with Crippen LogP contribution in [0.25, 0.3) is 0 Å². The second kappa shape index (κ2) is 7.74. The van der Waals surface area contributed by atoms with E-state index in [1.807, 2.05) is 59.5 Å². The standard InChI is InChI=1S/C17H20N2OS/c1-2-11-19(15-8-6-7-14(18)12-15)17(20)13-21-16-9-4-3-5-10-16/h3-10,12H,2,11,13,18H2,1H3. The minimum absolute atomic E-state index is 0.108. The summed E-state index contributed by atoms with van der Waals surface area (Å²) in [5.74, 6) is 0.537. The predicted octanol–water partition coefficient (Wildman–Crippen LogP) is 3.80. The van der Waals surface area contributed by atoms with Crippen molar-refractivity contribution in [3.05, 3.63) is 54.6 Å². The van der Waals surface area contributed by atoms with Gasteiger partial charge in [0.25, 0.3) is 0 Å². The van der Waals surface area contributed by atoms with Crippen LogP contribution in [0.15, 0.2) is 59.5 Å². The molecule has 0 heterocycles. The lowest BCUT2D eigenvalue weighted by Crippen LogP contribution is -2.33. The number of carbonyl (C=O) groups excluding carboxylic acids is 1. The Morgan fingerprint density at radius 1 is 1.14 bits per heavy atom. The van der Waals surface area contributed by atoms with Crippen LogP contribution in [0.3, 0.4) is 0 Å². The highest BCUT2D eigenvalue weighted by Gasteiger charge is 2.15. The van der Waals surface area contributed by atoms with Gasteiger partial charge in [0.15, 0.2) is 0 Å². The van der Waals surface area contributed by atoms with Crippen LogP contribution in [0.5, 0.6) is 0 Å². The molecule has 0 unspecified atom stereocenters. The third kappa shape index (κ3) is 4.53. The van der Waals surface area contributed by atoms with E-state index in [-0.39, 0.29) is 5.91 Å². The Labute approximate surface area is 130 Å². The van der Waals surface area contributed by atoms with Crippen LogP contribution >= 0.6 is 11.8 Å². The van der Waals surface area contributed by atoms with Crippen LogP contribution in [-0.2, 0) is 4.79 Å². The van der Waals surface area contributed by atoms with Crippen LogP contribution in [-0.4, -0.2) is 18.2 Å². The first-order valence-corrected chi connectivity index (χ1v) is 8.03. The van der Waals surface area contributed by atoms with Crippen LogP contribution in [0.2, 0.25) is 0 Å². The van der Waals surface area contributed by atoms with E-state index < -0.39 is 0 Å². The van der Waals surface area contributed by atoms with E-state index in [1.54, 1.807) is 11.8 Å². The summed E-state index contributed by atoms with van der Waals surface area (Å²) in [6.45, 7) is 2.77. The lowest BCUT2D eigenvalue weighted by Gasteiger charge is -2.22. The van der Waals surface area contributed by atoms with Crippen molar-refractivity contribution in [2.75, 3.05) is 22.9 Å². The van der Waals surface area contributed by atoms with Crippen molar-refractivity contribution in [2.24, 2.45) is 0 Å². The van der Waals surface area contributed by atoms with E-state index in [2.05, 4.69) is 6.92 Å². The monoisotopic (exact) mass is 300 g/mol. The van der Waals surface area contributed by atoms with Crippen molar-refractivity contribution in [1.29, 1.82) is 0 Å². The maximum atomic E-state index is 12.5. The Morgan fingerprint density at radius 2 is 1.90 bits per heavy atom. The summed E-state index contributed by atoms with van der Waals surface area (Å²) in [5, 5.41) is 0. The number of nitrogens with two attached hydrogens (primary N) is 1. The Balaban J connectivity index is 2.05. The molecule has 1 amide bonds. The summed E-state index contributed by atoms with van der Waals surface area (Å²) < 4.78 is 0. The molecular formula is C17H20N2OS. The van der Waals surface area contributed by atoms with Crippen molar-refractivity contribution >= 4 is 29.0 Å². The average molecular weight is 300 g/mol. The zero-order valence-corrected chi connectivity index (χ0v) is 13.0. The fraction of sp³-hybridized carbons (Fsp3) is 0.235. The zero-order chi connectivity index (χ0) is 15.1. The van der Waals surface area contributed by atoms with Crippen molar-refractivity contribution < 1.29 is 4.79 Å². The molecule has 0 spiro atoms. The highest BCUT2D eigenvalue weighted by atomic mass is 32.2. The van der Waals surface area contributed by atoms with Gasteiger partial charge in [0.1, 0.15) is 0 Å². The van der Waals surface area contributed by atoms with Crippen LogP contribution < -0.4 is 10.6 Å². The van der Waals surface area contributed by atoms with Gasteiger partial charge < -0.3 is 10.6 Å². The number of rotatable bonds is 6. The molecular weight excluding hydrogens is 280 g/mol. The molecule has 0 saturated carbocycles. The molecule has 0 aliphatic rings. The summed E-state index contributed by atoms with van der Waals surface area (Å²) >= 11 is 1.56. The fourth-order valence-electron chi connectivity index (χ4n) is 2.05. The number of nitrogens with zero attached hydrogens (tertiary/aromatic N) is 1. The average Bonchev–Trinajstić information content (AvgIpc) is 2.51. The van der Waals surface area contributed by atoms with Crippen LogP contribution in [0.4, 0.5) is 11.4 Å². The number of thioether (sulfide) groups is 1. The Bertz CT molecular complexity index is 586. The molecule has 2 N–H and O–H groups in total. The summed E-state index contributed by atoms with van der Waals surface area (Å²) in [4.78, 5) is 15.4. The molecule has 0 aliphatic heterocycles. The molecule has 0 atom stereocenters. The fourth-order valence-corrected chi connectivity index (χ4v) is 2.85. The maximum absolute atomic E-state index is 12.5. The Hall–Kier alpha value is -1.94. The number of hydrogen-bond donors (Lipinski definition) is 1. The predicted molar refractivity (Wildman–Crippen MR) is 90.7 cm³/mol.